The highest BCUT2D eigenvalue weighted by Crippen LogP contribution is 2.30. The molecule has 108 valence electrons. The van der Waals surface area contributed by atoms with Crippen LogP contribution in [0.15, 0.2) is 24.3 Å². The van der Waals surface area contributed by atoms with Crippen molar-refractivity contribution in [3.63, 3.8) is 0 Å². The molecule has 0 saturated heterocycles. The summed E-state index contributed by atoms with van der Waals surface area (Å²) in [7, 11) is 1.66. The van der Waals surface area contributed by atoms with Gasteiger partial charge in [-0.1, -0.05) is 26.0 Å². The number of hydrogen-bond donors (Lipinski definition) is 1. The number of ether oxygens (including phenoxy) is 1. The highest BCUT2D eigenvalue weighted by molar-refractivity contribution is 5.30. The third kappa shape index (κ3) is 3.14. The average molecular weight is 276 g/mol. The van der Waals surface area contributed by atoms with Crippen molar-refractivity contribution >= 4 is 0 Å². The molecular formula is C14H20N4O2. The Bertz CT molecular complexity index is 538. The van der Waals surface area contributed by atoms with Gasteiger partial charge in [-0.3, -0.25) is 0 Å². The molecule has 1 heterocycles. The first-order valence-electron chi connectivity index (χ1n) is 6.68. The summed E-state index contributed by atoms with van der Waals surface area (Å²) in [6.45, 7) is 4.60. The molecular weight excluding hydrogens is 256 g/mol. The Morgan fingerprint density at radius 3 is 2.50 bits per heavy atom. The maximum absolute atomic E-state index is 8.86. The fourth-order valence-electron chi connectivity index (χ4n) is 2.04. The Balaban J connectivity index is 2.11. The Hall–Kier alpha value is -1.95. The Morgan fingerprint density at radius 2 is 1.90 bits per heavy atom. The topological polar surface area (TPSA) is 73.1 Å². The largest absolute Gasteiger partial charge is 0.497 e. The molecule has 0 radical (unpaired) electrons. The summed E-state index contributed by atoms with van der Waals surface area (Å²) in [4.78, 5) is 1.42. The molecule has 1 aromatic heterocycles. The molecule has 0 saturated carbocycles. The number of hydrogen-bond acceptors (Lipinski definition) is 5. The highest BCUT2D eigenvalue weighted by Gasteiger charge is 2.20. The predicted molar refractivity (Wildman–Crippen MR) is 74.7 cm³/mol. The third-order valence-electron chi connectivity index (χ3n) is 3.57. The Morgan fingerprint density at radius 1 is 1.20 bits per heavy atom. The zero-order valence-electron chi connectivity index (χ0n) is 12.0. The molecule has 0 spiro atoms. The van der Waals surface area contributed by atoms with Crippen LogP contribution in [-0.4, -0.2) is 39.0 Å². The van der Waals surface area contributed by atoms with E-state index in [0.717, 1.165) is 5.75 Å². The van der Waals surface area contributed by atoms with E-state index >= 15 is 0 Å². The van der Waals surface area contributed by atoms with E-state index in [1.165, 1.54) is 10.4 Å². The number of rotatable bonds is 6. The number of nitrogens with zero attached hydrogens (tertiary/aromatic N) is 4. The van der Waals surface area contributed by atoms with Crippen LogP contribution in [0.25, 0.3) is 0 Å². The number of aliphatic hydroxyl groups excluding tert-OH is 1. The first-order valence-corrected chi connectivity index (χ1v) is 6.68. The summed E-state index contributed by atoms with van der Waals surface area (Å²) in [5, 5.41) is 21.1. The van der Waals surface area contributed by atoms with E-state index in [1.807, 2.05) is 12.1 Å². The van der Waals surface area contributed by atoms with Gasteiger partial charge in [-0.05, 0) is 28.8 Å². The second-order valence-corrected chi connectivity index (χ2v) is 4.82. The molecule has 0 aliphatic heterocycles. The molecule has 0 unspecified atom stereocenters. The van der Waals surface area contributed by atoms with Crippen molar-refractivity contribution in [3.05, 3.63) is 35.7 Å². The molecule has 0 amide bonds. The average Bonchev–Trinajstić information content (AvgIpc) is 2.95. The first kappa shape index (κ1) is 14.5. The molecule has 2 aromatic rings. The predicted octanol–water partition coefficient (Wildman–Crippen LogP) is 1.58. The molecule has 0 aliphatic rings. The smallest absolute Gasteiger partial charge is 0.178 e. The van der Waals surface area contributed by atoms with E-state index < -0.39 is 0 Å². The molecule has 6 heteroatoms. The lowest BCUT2D eigenvalue weighted by molar-refractivity contribution is 0.259. The number of aliphatic hydroxyl groups is 1. The minimum absolute atomic E-state index is 0.0121. The van der Waals surface area contributed by atoms with Gasteiger partial charge in [0.1, 0.15) is 5.75 Å². The molecule has 1 aromatic carbocycles. The van der Waals surface area contributed by atoms with Crippen molar-refractivity contribution < 1.29 is 9.84 Å². The molecule has 0 fully saturated rings. The summed E-state index contributed by atoms with van der Waals surface area (Å²) in [5.41, 5.74) is 1.21. The van der Waals surface area contributed by atoms with Gasteiger partial charge in [0.2, 0.25) is 0 Å². The van der Waals surface area contributed by atoms with Gasteiger partial charge in [0.25, 0.3) is 0 Å². The molecule has 20 heavy (non-hydrogen) atoms. The SMILES string of the molecule is COc1ccc([C@H](C)[C@@H](C)c2nnn(CCO)n2)cc1. The molecule has 6 nitrogen and oxygen atoms in total. The number of benzene rings is 1. The van der Waals surface area contributed by atoms with Crippen LogP contribution in [0.5, 0.6) is 5.75 Å². The summed E-state index contributed by atoms with van der Waals surface area (Å²) in [6, 6.07) is 8.01. The Kier molecular flexibility index (Phi) is 4.68. The van der Waals surface area contributed by atoms with Gasteiger partial charge < -0.3 is 9.84 Å². The molecule has 2 rings (SSSR count). The molecule has 0 aliphatic carbocycles. The van der Waals surface area contributed by atoms with Crippen LogP contribution in [0.1, 0.15) is 37.1 Å². The maximum Gasteiger partial charge on any atom is 0.178 e. The van der Waals surface area contributed by atoms with Gasteiger partial charge in [-0.25, -0.2) is 0 Å². The van der Waals surface area contributed by atoms with Crippen LogP contribution in [0.4, 0.5) is 0 Å². The van der Waals surface area contributed by atoms with Crippen molar-refractivity contribution in [3.8, 4) is 5.75 Å². The van der Waals surface area contributed by atoms with E-state index in [0.29, 0.717) is 12.4 Å². The summed E-state index contributed by atoms with van der Waals surface area (Å²) in [6.07, 6.45) is 0. The van der Waals surface area contributed by atoms with Gasteiger partial charge in [0.05, 0.1) is 20.3 Å². The lowest BCUT2D eigenvalue weighted by atomic mass is 9.88. The number of aromatic nitrogens is 4. The zero-order valence-corrected chi connectivity index (χ0v) is 12.0. The molecule has 1 N–H and O–H groups in total. The third-order valence-corrected chi connectivity index (χ3v) is 3.57. The van der Waals surface area contributed by atoms with E-state index in [-0.39, 0.29) is 18.4 Å². The second kappa shape index (κ2) is 6.47. The lowest BCUT2D eigenvalue weighted by Crippen LogP contribution is -2.09. The van der Waals surface area contributed by atoms with Crippen molar-refractivity contribution in [1.29, 1.82) is 0 Å². The van der Waals surface area contributed by atoms with Crippen LogP contribution in [0.2, 0.25) is 0 Å². The van der Waals surface area contributed by atoms with Crippen molar-refractivity contribution in [2.75, 3.05) is 13.7 Å². The monoisotopic (exact) mass is 276 g/mol. The summed E-state index contributed by atoms with van der Waals surface area (Å²) >= 11 is 0. The van der Waals surface area contributed by atoms with Crippen molar-refractivity contribution in [1.82, 2.24) is 20.2 Å². The Labute approximate surface area is 118 Å². The van der Waals surface area contributed by atoms with Crippen LogP contribution in [-0.2, 0) is 6.54 Å². The minimum atomic E-state index is 0.0121. The zero-order chi connectivity index (χ0) is 14.5. The van der Waals surface area contributed by atoms with E-state index in [9.17, 15) is 0 Å². The normalized spacial score (nSPS) is 14.0. The quantitative estimate of drug-likeness (QED) is 0.867. The summed E-state index contributed by atoms with van der Waals surface area (Å²) in [5.74, 6) is 1.96. The molecule has 0 bridgehead atoms. The van der Waals surface area contributed by atoms with Crippen LogP contribution < -0.4 is 4.74 Å². The van der Waals surface area contributed by atoms with E-state index in [2.05, 4.69) is 41.4 Å². The van der Waals surface area contributed by atoms with Crippen LogP contribution in [0, 0.1) is 0 Å². The maximum atomic E-state index is 8.86. The van der Waals surface area contributed by atoms with Gasteiger partial charge in [-0.15, -0.1) is 10.2 Å². The summed E-state index contributed by atoms with van der Waals surface area (Å²) < 4.78 is 5.16. The van der Waals surface area contributed by atoms with Crippen molar-refractivity contribution in [2.45, 2.75) is 32.2 Å². The van der Waals surface area contributed by atoms with Gasteiger partial charge >= 0.3 is 0 Å². The fraction of sp³-hybridized carbons (Fsp3) is 0.500. The van der Waals surface area contributed by atoms with Gasteiger partial charge in [-0.2, -0.15) is 4.80 Å². The van der Waals surface area contributed by atoms with E-state index in [1.54, 1.807) is 7.11 Å². The first-order chi connectivity index (χ1) is 9.65. The number of methoxy groups -OCH3 is 1. The van der Waals surface area contributed by atoms with Crippen LogP contribution >= 0.6 is 0 Å². The second-order valence-electron chi connectivity index (χ2n) is 4.82. The minimum Gasteiger partial charge on any atom is -0.497 e. The van der Waals surface area contributed by atoms with Gasteiger partial charge in [0, 0.05) is 5.92 Å². The van der Waals surface area contributed by atoms with Crippen molar-refractivity contribution in [2.24, 2.45) is 0 Å². The van der Waals surface area contributed by atoms with Crippen LogP contribution in [0.3, 0.4) is 0 Å². The number of tetrazole rings is 1. The lowest BCUT2D eigenvalue weighted by Gasteiger charge is -2.17. The standard InChI is InChI=1S/C14H20N4O2/c1-10(12-4-6-13(20-3)7-5-12)11(2)14-15-17-18(16-14)8-9-19/h4-7,10-11,19H,8-9H2,1-3H3/t10-,11-/m1/s1. The van der Waals surface area contributed by atoms with E-state index in [4.69, 9.17) is 9.84 Å². The highest BCUT2D eigenvalue weighted by atomic mass is 16.5. The molecule has 2 atom stereocenters. The van der Waals surface area contributed by atoms with Gasteiger partial charge in [0.15, 0.2) is 5.82 Å². The fourth-order valence-corrected chi connectivity index (χ4v) is 2.04.